The highest BCUT2D eigenvalue weighted by Gasteiger charge is 2.15. The van der Waals surface area contributed by atoms with E-state index in [1.54, 1.807) is 0 Å². The van der Waals surface area contributed by atoms with E-state index >= 15 is 0 Å². The van der Waals surface area contributed by atoms with Gasteiger partial charge in [-0.05, 0) is 18.2 Å². The summed E-state index contributed by atoms with van der Waals surface area (Å²) in [6.07, 6.45) is 8.35. The van der Waals surface area contributed by atoms with Gasteiger partial charge in [0.05, 0.1) is 11.4 Å². The molecular formula is C20H17N3. The van der Waals surface area contributed by atoms with Crippen LogP contribution >= 0.6 is 0 Å². The zero-order valence-electron chi connectivity index (χ0n) is 12.7. The van der Waals surface area contributed by atoms with Crippen molar-refractivity contribution in [2.75, 3.05) is 11.4 Å². The predicted octanol–water partition coefficient (Wildman–Crippen LogP) is 4.43. The smallest absolute Gasteiger partial charge is 0.137 e. The molecule has 0 N–H and O–H groups in total. The van der Waals surface area contributed by atoms with Gasteiger partial charge in [-0.2, -0.15) is 5.10 Å². The number of anilines is 1. The van der Waals surface area contributed by atoms with Gasteiger partial charge in [-0.3, -0.25) is 0 Å². The van der Waals surface area contributed by atoms with Crippen LogP contribution in [0, 0.1) is 0 Å². The van der Waals surface area contributed by atoms with Crippen LogP contribution in [0.15, 0.2) is 91.2 Å². The SMILES string of the molecule is C1=CCN(c2cc(-c3ccccc3)nn2-c2ccccc2)C=C1. The number of hydrogen-bond donors (Lipinski definition) is 0. The van der Waals surface area contributed by atoms with Gasteiger partial charge in [-0.1, -0.05) is 60.7 Å². The molecular weight excluding hydrogens is 282 g/mol. The van der Waals surface area contributed by atoms with E-state index in [1.807, 2.05) is 47.2 Å². The minimum Gasteiger partial charge on any atom is -0.329 e. The van der Waals surface area contributed by atoms with Crippen LogP contribution < -0.4 is 4.90 Å². The monoisotopic (exact) mass is 299 g/mol. The van der Waals surface area contributed by atoms with Crippen LogP contribution in [0.2, 0.25) is 0 Å². The second kappa shape index (κ2) is 5.97. The Balaban J connectivity index is 1.84. The fourth-order valence-corrected chi connectivity index (χ4v) is 2.72. The first-order valence-corrected chi connectivity index (χ1v) is 7.73. The molecule has 0 unspecified atom stereocenters. The van der Waals surface area contributed by atoms with Gasteiger partial charge in [-0.15, -0.1) is 0 Å². The number of nitrogens with zero attached hydrogens (tertiary/aromatic N) is 3. The topological polar surface area (TPSA) is 21.1 Å². The van der Waals surface area contributed by atoms with Crippen molar-refractivity contribution in [1.82, 2.24) is 9.78 Å². The largest absolute Gasteiger partial charge is 0.329 e. The summed E-state index contributed by atoms with van der Waals surface area (Å²) in [6, 6.07) is 22.7. The number of aromatic nitrogens is 2. The van der Waals surface area contributed by atoms with Crippen LogP contribution in [0.3, 0.4) is 0 Å². The highest BCUT2D eigenvalue weighted by atomic mass is 15.4. The van der Waals surface area contributed by atoms with Gasteiger partial charge in [0.25, 0.3) is 0 Å². The zero-order chi connectivity index (χ0) is 15.5. The average Bonchev–Trinajstić information content (AvgIpc) is 3.09. The van der Waals surface area contributed by atoms with Crippen molar-refractivity contribution < 1.29 is 0 Å². The summed E-state index contributed by atoms with van der Waals surface area (Å²) >= 11 is 0. The van der Waals surface area contributed by atoms with Crippen molar-refractivity contribution in [3.63, 3.8) is 0 Å². The Kier molecular flexibility index (Phi) is 3.53. The Labute approximate surface area is 135 Å². The lowest BCUT2D eigenvalue weighted by Crippen LogP contribution is -2.20. The summed E-state index contributed by atoms with van der Waals surface area (Å²) in [6.45, 7) is 0.850. The standard InChI is InChI=1S/C20H17N3/c1-4-10-17(11-5-1)19-16-20(22-14-8-3-9-15-22)23(21-19)18-12-6-2-7-13-18/h1-14,16H,15H2. The van der Waals surface area contributed by atoms with Crippen LogP contribution in [0.1, 0.15) is 0 Å². The Morgan fingerprint density at radius 3 is 2.26 bits per heavy atom. The molecule has 23 heavy (non-hydrogen) atoms. The number of benzene rings is 2. The van der Waals surface area contributed by atoms with Gasteiger partial charge < -0.3 is 4.90 Å². The van der Waals surface area contributed by atoms with Crippen LogP contribution in [0.4, 0.5) is 5.82 Å². The first-order valence-electron chi connectivity index (χ1n) is 7.73. The third-order valence-corrected chi connectivity index (χ3v) is 3.87. The molecule has 4 rings (SSSR count). The Bertz CT molecular complexity index is 845. The maximum atomic E-state index is 4.84. The molecule has 0 atom stereocenters. The Morgan fingerprint density at radius 1 is 0.826 bits per heavy atom. The summed E-state index contributed by atoms with van der Waals surface area (Å²) in [5.74, 6) is 1.07. The maximum Gasteiger partial charge on any atom is 0.137 e. The Morgan fingerprint density at radius 2 is 1.57 bits per heavy atom. The van der Waals surface area contributed by atoms with Crippen molar-refractivity contribution in [3.8, 4) is 16.9 Å². The van der Waals surface area contributed by atoms with Crippen molar-refractivity contribution in [2.45, 2.75) is 0 Å². The normalized spacial score (nSPS) is 13.5. The lowest BCUT2D eigenvalue weighted by atomic mass is 10.1. The molecule has 0 saturated carbocycles. The van der Waals surface area contributed by atoms with Crippen LogP contribution in [-0.4, -0.2) is 16.3 Å². The second-order valence-corrected chi connectivity index (χ2v) is 5.42. The van der Waals surface area contributed by atoms with Crippen molar-refractivity contribution in [2.24, 2.45) is 0 Å². The number of rotatable bonds is 3. The van der Waals surface area contributed by atoms with Crippen molar-refractivity contribution in [3.05, 3.63) is 91.2 Å². The van der Waals surface area contributed by atoms with Crippen molar-refractivity contribution >= 4 is 5.82 Å². The molecule has 3 nitrogen and oxygen atoms in total. The first-order chi connectivity index (χ1) is 11.4. The zero-order valence-corrected chi connectivity index (χ0v) is 12.7. The van der Waals surface area contributed by atoms with E-state index in [0.29, 0.717) is 0 Å². The molecule has 0 saturated heterocycles. The highest BCUT2D eigenvalue weighted by molar-refractivity contribution is 5.66. The molecule has 2 heterocycles. The summed E-state index contributed by atoms with van der Waals surface area (Å²) in [4.78, 5) is 2.20. The van der Waals surface area contributed by atoms with Gasteiger partial charge in [0.1, 0.15) is 5.82 Å². The van der Waals surface area contributed by atoms with Crippen LogP contribution in [-0.2, 0) is 0 Å². The second-order valence-electron chi connectivity index (χ2n) is 5.42. The molecule has 1 aliphatic rings. The minimum atomic E-state index is 0.850. The van der Waals surface area contributed by atoms with Gasteiger partial charge in [0, 0.05) is 24.4 Å². The first kappa shape index (κ1) is 13.6. The van der Waals surface area contributed by atoms with E-state index < -0.39 is 0 Å². The molecule has 0 bridgehead atoms. The lowest BCUT2D eigenvalue weighted by Gasteiger charge is -2.21. The molecule has 3 heteroatoms. The minimum absolute atomic E-state index is 0.850. The number of para-hydroxylation sites is 1. The van der Waals surface area contributed by atoms with E-state index in [1.165, 1.54) is 0 Å². The van der Waals surface area contributed by atoms with Crippen LogP contribution in [0.5, 0.6) is 0 Å². The summed E-state index contributed by atoms with van der Waals surface area (Å²) < 4.78 is 2.01. The highest BCUT2D eigenvalue weighted by Crippen LogP contribution is 2.28. The van der Waals surface area contributed by atoms with E-state index in [4.69, 9.17) is 5.10 Å². The molecule has 1 aromatic heterocycles. The summed E-state index contributed by atoms with van der Waals surface area (Å²) in [5, 5.41) is 4.84. The number of allylic oxidation sites excluding steroid dienone is 2. The van der Waals surface area contributed by atoms with E-state index in [0.717, 1.165) is 29.3 Å². The molecule has 112 valence electrons. The predicted molar refractivity (Wildman–Crippen MR) is 94.6 cm³/mol. The number of hydrogen-bond acceptors (Lipinski definition) is 2. The molecule has 0 fully saturated rings. The maximum absolute atomic E-state index is 4.84. The average molecular weight is 299 g/mol. The molecule has 0 radical (unpaired) electrons. The molecule has 0 spiro atoms. The van der Waals surface area contributed by atoms with Crippen LogP contribution in [0.25, 0.3) is 16.9 Å². The van der Waals surface area contributed by atoms with Crippen molar-refractivity contribution in [1.29, 1.82) is 0 Å². The van der Waals surface area contributed by atoms with Gasteiger partial charge in [0.2, 0.25) is 0 Å². The van der Waals surface area contributed by atoms with Gasteiger partial charge in [0.15, 0.2) is 0 Å². The van der Waals surface area contributed by atoms with E-state index in [2.05, 4.69) is 53.6 Å². The van der Waals surface area contributed by atoms with E-state index in [9.17, 15) is 0 Å². The Hall–Kier alpha value is -3.07. The summed E-state index contributed by atoms with van der Waals surface area (Å²) in [5.41, 5.74) is 3.17. The molecule has 0 aliphatic carbocycles. The van der Waals surface area contributed by atoms with Gasteiger partial charge in [-0.25, -0.2) is 4.68 Å². The molecule has 1 aliphatic heterocycles. The third kappa shape index (κ3) is 2.69. The molecule has 2 aromatic carbocycles. The van der Waals surface area contributed by atoms with Gasteiger partial charge >= 0.3 is 0 Å². The quantitative estimate of drug-likeness (QED) is 0.713. The summed E-state index contributed by atoms with van der Waals surface area (Å²) in [7, 11) is 0. The third-order valence-electron chi connectivity index (χ3n) is 3.87. The molecule has 3 aromatic rings. The fourth-order valence-electron chi connectivity index (χ4n) is 2.72. The fraction of sp³-hybridized carbons (Fsp3) is 0.0500. The van der Waals surface area contributed by atoms with E-state index in [-0.39, 0.29) is 0 Å². The lowest BCUT2D eigenvalue weighted by molar-refractivity contribution is 0.853. The molecule has 0 amide bonds.